The SMILES string of the molecule is CC1CCc2[nH]c3c(C(=O)NCc4cccc(OCC#N)c4)cccc3c2C1. The molecule has 1 aromatic heterocycles. The van der Waals surface area contributed by atoms with Crippen LogP contribution in [0.15, 0.2) is 42.5 Å². The number of carbonyl (C=O) groups excluding carboxylic acids is 1. The number of rotatable bonds is 5. The first-order valence-electron chi connectivity index (χ1n) is 9.65. The zero-order chi connectivity index (χ0) is 19.5. The number of benzene rings is 2. The second-order valence-electron chi connectivity index (χ2n) is 7.44. The van der Waals surface area contributed by atoms with Crippen molar-refractivity contribution < 1.29 is 9.53 Å². The van der Waals surface area contributed by atoms with Gasteiger partial charge in [0.25, 0.3) is 5.91 Å². The Balaban J connectivity index is 1.53. The molecule has 28 heavy (non-hydrogen) atoms. The van der Waals surface area contributed by atoms with Gasteiger partial charge in [0.15, 0.2) is 6.61 Å². The molecular weight excluding hydrogens is 350 g/mol. The van der Waals surface area contributed by atoms with Gasteiger partial charge in [-0.15, -0.1) is 0 Å². The number of fused-ring (bicyclic) bond motifs is 3. The summed E-state index contributed by atoms with van der Waals surface area (Å²) in [5.74, 6) is 1.21. The molecule has 0 spiro atoms. The van der Waals surface area contributed by atoms with Gasteiger partial charge in [-0.2, -0.15) is 5.26 Å². The number of H-pyrrole nitrogens is 1. The quantitative estimate of drug-likeness (QED) is 0.706. The average Bonchev–Trinajstić information content (AvgIpc) is 3.08. The van der Waals surface area contributed by atoms with Crippen molar-refractivity contribution in [2.75, 3.05) is 6.61 Å². The number of nitrogens with zero attached hydrogens (tertiary/aromatic N) is 1. The molecule has 1 atom stereocenters. The maximum absolute atomic E-state index is 12.9. The summed E-state index contributed by atoms with van der Waals surface area (Å²) >= 11 is 0. The Bertz CT molecular complexity index is 1060. The van der Waals surface area contributed by atoms with E-state index in [9.17, 15) is 4.79 Å². The van der Waals surface area contributed by atoms with E-state index in [4.69, 9.17) is 10.00 Å². The highest BCUT2D eigenvalue weighted by Gasteiger charge is 2.22. The van der Waals surface area contributed by atoms with Crippen molar-refractivity contribution in [1.82, 2.24) is 10.3 Å². The van der Waals surface area contributed by atoms with E-state index in [1.807, 2.05) is 36.4 Å². The van der Waals surface area contributed by atoms with E-state index in [1.165, 1.54) is 23.1 Å². The van der Waals surface area contributed by atoms with Crippen LogP contribution in [0.1, 0.15) is 40.5 Å². The Hall–Kier alpha value is -3.26. The second-order valence-corrected chi connectivity index (χ2v) is 7.44. The van der Waals surface area contributed by atoms with Crippen molar-refractivity contribution in [3.05, 3.63) is 64.8 Å². The molecule has 1 heterocycles. The van der Waals surface area contributed by atoms with Crippen LogP contribution in [0.5, 0.6) is 5.75 Å². The Kier molecular flexibility index (Phi) is 5.03. The fourth-order valence-corrected chi connectivity index (χ4v) is 3.94. The molecule has 1 aliphatic carbocycles. The first-order chi connectivity index (χ1) is 13.7. The molecule has 0 aliphatic heterocycles. The molecule has 1 amide bonds. The van der Waals surface area contributed by atoms with E-state index in [2.05, 4.69) is 23.3 Å². The third kappa shape index (κ3) is 3.59. The van der Waals surface area contributed by atoms with Crippen LogP contribution in [0, 0.1) is 17.2 Å². The molecular formula is C23H23N3O2. The minimum atomic E-state index is -0.0967. The maximum Gasteiger partial charge on any atom is 0.253 e. The number of hydrogen-bond donors (Lipinski definition) is 2. The largest absolute Gasteiger partial charge is 0.479 e. The molecule has 3 aromatic rings. The molecule has 142 valence electrons. The minimum absolute atomic E-state index is 0.00786. The Labute approximate surface area is 164 Å². The van der Waals surface area contributed by atoms with E-state index < -0.39 is 0 Å². The van der Waals surface area contributed by atoms with Crippen LogP contribution >= 0.6 is 0 Å². The van der Waals surface area contributed by atoms with Gasteiger partial charge in [-0.1, -0.05) is 31.2 Å². The third-order valence-corrected chi connectivity index (χ3v) is 5.37. The molecule has 1 aliphatic rings. The van der Waals surface area contributed by atoms with E-state index in [-0.39, 0.29) is 12.5 Å². The number of aromatic amines is 1. The number of aromatic nitrogens is 1. The fourth-order valence-electron chi connectivity index (χ4n) is 3.94. The Morgan fingerprint density at radius 1 is 1.32 bits per heavy atom. The van der Waals surface area contributed by atoms with Gasteiger partial charge in [-0.25, -0.2) is 0 Å². The summed E-state index contributed by atoms with van der Waals surface area (Å²) in [5.41, 5.74) is 5.18. The van der Waals surface area contributed by atoms with Crippen LogP contribution in [0.4, 0.5) is 0 Å². The van der Waals surface area contributed by atoms with Crippen LogP contribution in [0.2, 0.25) is 0 Å². The molecule has 2 aromatic carbocycles. The molecule has 5 heteroatoms. The number of nitriles is 1. The molecule has 1 unspecified atom stereocenters. The molecule has 0 saturated carbocycles. The van der Waals surface area contributed by atoms with Gasteiger partial charge in [0.1, 0.15) is 11.8 Å². The minimum Gasteiger partial charge on any atom is -0.479 e. The predicted octanol–water partition coefficient (Wildman–Crippen LogP) is 4.13. The summed E-state index contributed by atoms with van der Waals surface area (Å²) < 4.78 is 5.32. The lowest BCUT2D eigenvalue weighted by Gasteiger charge is -2.17. The average molecular weight is 373 g/mol. The number of aryl methyl sites for hydroxylation is 1. The summed E-state index contributed by atoms with van der Waals surface area (Å²) in [7, 11) is 0. The highest BCUT2D eigenvalue weighted by molar-refractivity contribution is 6.06. The van der Waals surface area contributed by atoms with Crippen molar-refractivity contribution in [3.63, 3.8) is 0 Å². The number of carbonyl (C=O) groups is 1. The molecule has 5 nitrogen and oxygen atoms in total. The van der Waals surface area contributed by atoms with Crippen molar-refractivity contribution in [2.24, 2.45) is 5.92 Å². The first kappa shape index (κ1) is 18.1. The smallest absolute Gasteiger partial charge is 0.253 e. The lowest BCUT2D eigenvalue weighted by molar-refractivity contribution is 0.0952. The summed E-state index contributed by atoms with van der Waals surface area (Å²) in [6, 6.07) is 15.3. The highest BCUT2D eigenvalue weighted by atomic mass is 16.5. The van der Waals surface area contributed by atoms with Crippen LogP contribution in [0.3, 0.4) is 0 Å². The van der Waals surface area contributed by atoms with Gasteiger partial charge < -0.3 is 15.0 Å². The molecule has 0 radical (unpaired) electrons. The number of amides is 1. The number of hydrogen-bond acceptors (Lipinski definition) is 3. The fraction of sp³-hybridized carbons (Fsp3) is 0.304. The van der Waals surface area contributed by atoms with E-state index in [1.54, 1.807) is 6.07 Å². The van der Waals surface area contributed by atoms with Crippen LogP contribution in [-0.4, -0.2) is 17.5 Å². The highest BCUT2D eigenvalue weighted by Crippen LogP contribution is 2.33. The number of nitrogens with one attached hydrogen (secondary N) is 2. The van der Waals surface area contributed by atoms with Gasteiger partial charge in [-0.05, 0) is 54.5 Å². The summed E-state index contributed by atoms with van der Waals surface area (Å²) in [6.45, 7) is 2.69. The standard InChI is InChI=1S/C23H23N3O2/c1-15-8-9-21-20(12-15)18-6-3-7-19(22(18)26-21)23(27)25-14-16-4-2-5-17(13-16)28-11-10-24/h2-7,13,15,26H,8-9,11-12,14H2,1H3,(H,25,27). The molecule has 4 rings (SSSR count). The van der Waals surface area contributed by atoms with Crippen LogP contribution < -0.4 is 10.1 Å². The summed E-state index contributed by atoms with van der Waals surface area (Å²) in [5, 5.41) is 12.8. The number of ether oxygens (including phenoxy) is 1. The summed E-state index contributed by atoms with van der Waals surface area (Å²) in [4.78, 5) is 16.4. The molecule has 0 fully saturated rings. The lowest BCUT2D eigenvalue weighted by atomic mass is 9.87. The van der Waals surface area contributed by atoms with Crippen molar-refractivity contribution >= 4 is 16.8 Å². The van der Waals surface area contributed by atoms with Crippen LogP contribution in [0.25, 0.3) is 10.9 Å². The zero-order valence-electron chi connectivity index (χ0n) is 15.9. The zero-order valence-corrected chi connectivity index (χ0v) is 15.9. The molecule has 0 saturated heterocycles. The van der Waals surface area contributed by atoms with E-state index in [0.717, 1.165) is 23.9 Å². The van der Waals surface area contributed by atoms with Crippen LogP contribution in [-0.2, 0) is 19.4 Å². The summed E-state index contributed by atoms with van der Waals surface area (Å²) in [6.07, 6.45) is 3.29. The number of para-hydroxylation sites is 1. The predicted molar refractivity (Wildman–Crippen MR) is 108 cm³/mol. The van der Waals surface area contributed by atoms with E-state index in [0.29, 0.717) is 23.8 Å². The van der Waals surface area contributed by atoms with Gasteiger partial charge in [0, 0.05) is 17.6 Å². The monoisotopic (exact) mass is 373 g/mol. The lowest BCUT2D eigenvalue weighted by Crippen LogP contribution is -2.23. The third-order valence-electron chi connectivity index (χ3n) is 5.37. The molecule has 0 bridgehead atoms. The normalized spacial score (nSPS) is 15.6. The van der Waals surface area contributed by atoms with E-state index >= 15 is 0 Å². The van der Waals surface area contributed by atoms with Gasteiger partial charge in [0.05, 0.1) is 11.1 Å². The van der Waals surface area contributed by atoms with Gasteiger partial charge >= 0.3 is 0 Å². The Morgan fingerprint density at radius 3 is 3.04 bits per heavy atom. The maximum atomic E-state index is 12.9. The van der Waals surface area contributed by atoms with Gasteiger partial charge in [0.2, 0.25) is 0 Å². The van der Waals surface area contributed by atoms with Crippen molar-refractivity contribution in [3.8, 4) is 11.8 Å². The van der Waals surface area contributed by atoms with Gasteiger partial charge in [-0.3, -0.25) is 4.79 Å². The Morgan fingerprint density at radius 2 is 2.18 bits per heavy atom. The first-order valence-corrected chi connectivity index (χ1v) is 9.65. The second kappa shape index (κ2) is 7.77. The molecule has 2 N–H and O–H groups in total. The van der Waals surface area contributed by atoms with Crippen molar-refractivity contribution in [2.45, 2.75) is 32.7 Å². The van der Waals surface area contributed by atoms with Crippen molar-refractivity contribution in [1.29, 1.82) is 5.26 Å². The topological polar surface area (TPSA) is 77.9 Å².